The van der Waals surface area contributed by atoms with Gasteiger partial charge >= 0.3 is 0 Å². The molecule has 0 bridgehead atoms. The number of rotatable bonds is 4. The summed E-state index contributed by atoms with van der Waals surface area (Å²) >= 11 is 6.01. The molecule has 0 fully saturated rings. The zero-order chi connectivity index (χ0) is 19.0. The lowest BCUT2D eigenvalue weighted by atomic mass is 10.1. The number of halogens is 1. The molecule has 27 heavy (non-hydrogen) atoms. The van der Waals surface area contributed by atoms with Gasteiger partial charge in [-0.15, -0.1) is 0 Å². The number of furan rings is 1. The zero-order valence-electron chi connectivity index (χ0n) is 15.3. The quantitative estimate of drug-likeness (QED) is 0.666. The SMILES string of the molecule is CCN1C[C@@H](CN(C)C(=O)c2cc3cc(Cl)ccc3o2)Oc2ccccc21. The van der Waals surface area contributed by atoms with Gasteiger partial charge in [-0.3, -0.25) is 4.79 Å². The number of fused-ring (bicyclic) bond motifs is 2. The van der Waals surface area contributed by atoms with E-state index in [0.29, 0.717) is 22.9 Å². The molecule has 6 heteroatoms. The van der Waals surface area contributed by atoms with E-state index in [0.717, 1.165) is 29.9 Å². The van der Waals surface area contributed by atoms with E-state index in [-0.39, 0.29) is 12.0 Å². The Morgan fingerprint density at radius 1 is 1.26 bits per heavy atom. The van der Waals surface area contributed by atoms with Crippen LogP contribution in [0.5, 0.6) is 5.75 Å². The van der Waals surface area contributed by atoms with Crippen molar-refractivity contribution in [1.29, 1.82) is 0 Å². The van der Waals surface area contributed by atoms with Crippen molar-refractivity contribution >= 4 is 34.2 Å². The summed E-state index contributed by atoms with van der Waals surface area (Å²) in [5.74, 6) is 0.987. The fraction of sp³-hybridized carbons (Fsp3) is 0.286. The summed E-state index contributed by atoms with van der Waals surface area (Å²) in [5.41, 5.74) is 1.75. The van der Waals surface area contributed by atoms with E-state index < -0.39 is 0 Å². The molecule has 0 saturated carbocycles. The molecule has 1 aliphatic rings. The molecule has 1 aliphatic heterocycles. The highest BCUT2D eigenvalue weighted by molar-refractivity contribution is 6.31. The van der Waals surface area contributed by atoms with E-state index in [1.54, 1.807) is 36.2 Å². The van der Waals surface area contributed by atoms with Crippen molar-refractivity contribution in [2.24, 2.45) is 0 Å². The van der Waals surface area contributed by atoms with Gasteiger partial charge in [0, 0.05) is 24.0 Å². The Labute approximate surface area is 163 Å². The molecule has 1 atom stereocenters. The second-order valence-electron chi connectivity index (χ2n) is 6.72. The van der Waals surface area contributed by atoms with Crippen molar-refractivity contribution < 1.29 is 13.9 Å². The van der Waals surface area contributed by atoms with E-state index in [1.807, 2.05) is 18.2 Å². The maximum absolute atomic E-state index is 12.8. The van der Waals surface area contributed by atoms with Crippen LogP contribution < -0.4 is 9.64 Å². The monoisotopic (exact) mass is 384 g/mol. The highest BCUT2D eigenvalue weighted by atomic mass is 35.5. The number of hydrogen-bond acceptors (Lipinski definition) is 4. The van der Waals surface area contributed by atoms with Crippen molar-refractivity contribution in [3.8, 4) is 5.75 Å². The molecular weight excluding hydrogens is 364 g/mol. The highest BCUT2D eigenvalue weighted by Crippen LogP contribution is 2.33. The molecule has 0 spiro atoms. The number of para-hydroxylation sites is 2. The first-order valence-corrected chi connectivity index (χ1v) is 9.38. The van der Waals surface area contributed by atoms with Crippen LogP contribution in [0.1, 0.15) is 17.5 Å². The van der Waals surface area contributed by atoms with E-state index >= 15 is 0 Å². The number of carbonyl (C=O) groups excluding carboxylic acids is 1. The van der Waals surface area contributed by atoms with Crippen LogP contribution in [0.4, 0.5) is 5.69 Å². The fourth-order valence-electron chi connectivity index (χ4n) is 3.47. The van der Waals surface area contributed by atoms with Crippen LogP contribution in [0.15, 0.2) is 52.9 Å². The van der Waals surface area contributed by atoms with Crippen LogP contribution in [0.3, 0.4) is 0 Å². The number of ether oxygens (including phenoxy) is 1. The Hall–Kier alpha value is -2.66. The minimum absolute atomic E-state index is 0.104. The van der Waals surface area contributed by atoms with Gasteiger partial charge in [0.1, 0.15) is 17.4 Å². The first-order chi connectivity index (χ1) is 13.0. The second kappa shape index (κ2) is 7.16. The topological polar surface area (TPSA) is 45.9 Å². The number of nitrogens with zero attached hydrogens (tertiary/aromatic N) is 2. The smallest absolute Gasteiger partial charge is 0.289 e. The summed E-state index contributed by atoms with van der Waals surface area (Å²) in [6.45, 7) is 4.22. The van der Waals surface area contributed by atoms with Gasteiger partial charge in [0.15, 0.2) is 5.76 Å². The van der Waals surface area contributed by atoms with Crippen molar-refractivity contribution in [3.63, 3.8) is 0 Å². The van der Waals surface area contributed by atoms with Crippen LogP contribution >= 0.6 is 11.6 Å². The predicted molar refractivity (Wildman–Crippen MR) is 107 cm³/mol. The Bertz CT molecular complexity index is 984. The predicted octanol–water partition coefficient (Wildman–Crippen LogP) is 4.45. The lowest BCUT2D eigenvalue weighted by Crippen LogP contribution is -2.46. The standard InChI is InChI=1S/C21H21ClN2O3/c1-3-24-13-16(26-19-7-5-4-6-17(19)24)12-23(2)21(25)20-11-14-10-15(22)8-9-18(14)27-20/h4-11,16H,3,12-13H2,1-2H3/t16-/m1/s1. The van der Waals surface area contributed by atoms with Gasteiger partial charge in [0.05, 0.1) is 18.8 Å². The van der Waals surface area contributed by atoms with Crippen molar-refractivity contribution in [2.45, 2.75) is 13.0 Å². The zero-order valence-corrected chi connectivity index (χ0v) is 16.1. The van der Waals surface area contributed by atoms with Gasteiger partial charge in [-0.2, -0.15) is 0 Å². The molecule has 0 radical (unpaired) electrons. The molecule has 4 rings (SSSR count). The molecule has 5 nitrogen and oxygen atoms in total. The van der Waals surface area contributed by atoms with Crippen LogP contribution in [0.25, 0.3) is 11.0 Å². The Kier molecular flexibility index (Phi) is 4.70. The third-order valence-corrected chi connectivity index (χ3v) is 5.05. The molecule has 0 unspecified atom stereocenters. The van der Waals surface area contributed by atoms with E-state index in [9.17, 15) is 4.79 Å². The first-order valence-electron chi connectivity index (χ1n) is 9.00. The number of anilines is 1. The molecule has 0 saturated heterocycles. The maximum Gasteiger partial charge on any atom is 0.289 e. The van der Waals surface area contributed by atoms with Gasteiger partial charge in [-0.05, 0) is 43.3 Å². The van der Waals surface area contributed by atoms with Crippen molar-refractivity contribution in [2.75, 3.05) is 31.6 Å². The molecule has 2 aromatic carbocycles. The molecule has 0 N–H and O–H groups in total. The average molecular weight is 385 g/mol. The van der Waals surface area contributed by atoms with Gasteiger partial charge in [0.2, 0.25) is 0 Å². The largest absolute Gasteiger partial charge is 0.485 e. The third-order valence-electron chi connectivity index (χ3n) is 4.82. The van der Waals surface area contributed by atoms with Crippen LogP contribution in [0.2, 0.25) is 5.02 Å². The summed E-state index contributed by atoms with van der Waals surface area (Å²) in [6.07, 6.45) is -0.104. The van der Waals surface area contributed by atoms with Gasteiger partial charge in [0.25, 0.3) is 5.91 Å². The molecule has 1 amide bonds. The highest BCUT2D eigenvalue weighted by Gasteiger charge is 2.27. The number of hydrogen-bond donors (Lipinski definition) is 0. The molecule has 3 aromatic rings. The number of carbonyl (C=O) groups is 1. The molecule has 0 aliphatic carbocycles. The lowest BCUT2D eigenvalue weighted by molar-refractivity contribution is 0.0682. The lowest BCUT2D eigenvalue weighted by Gasteiger charge is -2.37. The van der Waals surface area contributed by atoms with Crippen LogP contribution in [-0.4, -0.2) is 43.6 Å². The summed E-state index contributed by atoms with van der Waals surface area (Å²) in [4.78, 5) is 16.7. The third kappa shape index (κ3) is 3.47. The Morgan fingerprint density at radius 3 is 2.89 bits per heavy atom. The maximum atomic E-state index is 12.8. The fourth-order valence-corrected chi connectivity index (χ4v) is 3.65. The summed E-state index contributed by atoms with van der Waals surface area (Å²) < 4.78 is 11.8. The average Bonchev–Trinajstić information content (AvgIpc) is 3.09. The second-order valence-corrected chi connectivity index (χ2v) is 7.16. The van der Waals surface area contributed by atoms with E-state index in [1.165, 1.54) is 0 Å². The summed E-state index contributed by atoms with van der Waals surface area (Å²) in [7, 11) is 1.77. The number of benzene rings is 2. The Morgan fingerprint density at radius 2 is 2.07 bits per heavy atom. The molecule has 140 valence electrons. The number of amides is 1. The summed E-state index contributed by atoms with van der Waals surface area (Å²) in [5, 5.41) is 1.43. The minimum atomic E-state index is -0.173. The van der Waals surface area contributed by atoms with Gasteiger partial charge in [-0.1, -0.05) is 23.7 Å². The van der Waals surface area contributed by atoms with Gasteiger partial charge < -0.3 is 19.0 Å². The minimum Gasteiger partial charge on any atom is -0.485 e. The number of likely N-dealkylation sites (N-methyl/N-ethyl adjacent to an activating group) is 2. The summed E-state index contributed by atoms with van der Waals surface area (Å²) in [6, 6.07) is 15.0. The van der Waals surface area contributed by atoms with E-state index in [4.69, 9.17) is 20.8 Å². The Balaban J connectivity index is 1.49. The van der Waals surface area contributed by atoms with Crippen LogP contribution in [-0.2, 0) is 0 Å². The van der Waals surface area contributed by atoms with Crippen molar-refractivity contribution in [1.82, 2.24) is 4.90 Å². The van der Waals surface area contributed by atoms with Crippen LogP contribution in [0, 0.1) is 0 Å². The van der Waals surface area contributed by atoms with Gasteiger partial charge in [-0.25, -0.2) is 0 Å². The molecule has 2 heterocycles. The molecule has 1 aromatic heterocycles. The normalized spacial score (nSPS) is 16.1. The molecular formula is C21H21ClN2O3. The van der Waals surface area contributed by atoms with Crippen molar-refractivity contribution in [3.05, 3.63) is 59.3 Å². The van der Waals surface area contributed by atoms with E-state index in [2.05, 4.69) is 17.9 Å². The first kappa shape index (κ1) is 17.7.